The molecule has 0 radical (unpaired) electrons. The molecule has 5 amide bonds. The van der Waals surface area contributed by atoms with Gasteiger partial charge in [-0.15, -0.1) is 0 Å². The van der Waals surface area contributed by atoms with Gasteiger partial charge < -0.3 is 20.3 Å². The number of piperidine rings is 2. The zero-order valence-corrected chi connectivity index (χ0v) is 32.9. The number of rotatable bonds is 11. The van der Waals surface area contributed by atoms with E-state index in [0.29, 0.717) is 64.7 Å². The van der Waals surface area contributed by atoms with E-state index >= 15 is 8.78 Å². The predicted octanol–water partition coefficient (Wildman–Crippen LogP) is 4.88. The number of methoxy groups -OCH3 is 1. The molecule has 8 rings (SSSR count). The SMILES string of the molecule is [2H]C1([2H])N(CC2CCN(C/C=C/C(=O)Nc3cc4c(Nc5ccc(F)c(Cl)c5)ncnc4cc3OC)CC2)C([2H])([2H])C([2H])([2H])N(c2cc(F)c3c(c2F)C(=O)N(C2CCC(=O)NC2=O)C3=O)C1([2H])[2H]. The van der Waals surface area contributed by atoms with Crippen LogP contribution in [-0.2, 0) is 14.4 Å². The van der Waals surface area contributed by atoms with Gasteiger partial charge in [0.15, 0.2) is 5.82 Å². The number of hydrogen-bond donors (Lipinski definition) is 3. The molecule has 1 aromatic heterocycles. The minimum absolute atomic E-state index is 0.0962. The van der Waals surface area contributed by atoms with Crippen molar-refractivity contribution in [3.05, 3.63) is 88.5 Å². The van der Waals surface area contributed by atoms with Gasteiger partial charge in [0.1, 0.15) is 35.6 Å². The summed E-state index contributed by atoms with van der Waals surface area (Å²) in [5, 5.41) is 8.18. The monoisotopic (exact) mass is 867 g/mol. The lowest BCUT2D eigenvalue weighted by atomic mass is 9.96. The van der Waals surface area contributed by atoms with Gasteiger partial charge in [0.25, 0.3) is 11.8 Å². The topological polar surface area (TPSA) is 169 Å². The molecule has 4 aliphatic rings. The fourth-order valence-corrected chi connectivity index (χ4v) is 7.65. The van der Waals surface area contributed by atoms with Crippen molar-refractivity contribution in [1.29, 1.82) is 0 Å². The Morgan fingerprint density at radius 1 is 0.967 bits per heavy atom. The molecule has 15 nitrogen and oxygen atoms in total. The summed E-state index contributed by atoms with van der Waals surface area (Å²) in [6.45, 7) is -13.8. The van der Waals surface area contributed by atoms with Crippen molar-refractivity contribution in [2.24, 2.45) is 5.92 Å². The quantitative estimate of drug-likeness (QED) is 0.138. The summed E-state index contributed by atoms with van der Waals surface area (Å²) in [5.74, 6) is -9.27. The second-order valence-electron chi connectivity index (χ2n) is 14.5. The van der Waals surface area contributed by atoms with Gasteiger partial charge in [-0.25, -0.2) is 23.1 Å². The molecule has 0 aliphatic carbocycles. The van der Waals surface area contributed by atoms with Crippen molar-refractivity contribution < 1.29 is 52.8 Å². The summed E-state index contributed by atoms with van der Waals surface area (Å²) in [7, 11) is 1.42. The van der Waals surface area contributed by atoms with Crippen molar-refractivity contribution >= 4 is 74.9 Å². The smallest absolute Gasteiger partial charge is 0.265 e. The number of halogens is 4. The van der Waals surface area contributed by atoms with Crippen LogP contribution in [0.4, 0.5) is 36.1 Å². The molecule has 3 aromatic carbocycles. The Morgan fingerprint density at radius 3 is 2.44 bits per heavy atom. The molecule has 3 N–H and O–H groups in total. The van der Waals surface area contributed by atoms with Crippen LogP contribution in [-0.4, -0.2) is 120 Å². The number of ether oxygens (including phenoxy) is 1. The van der Waals surface area contributed by atoms with Crippen molar-refractivity contribution in [3.8, 4) is 5.75 Å². The number of hydrogen-bond acceptors (Lipinski definition) is 12. The molecule has 19 heteroatoms. The van der Waals surface area contributed by atoms with Gasteiger partial charge in [0.2, 0.25) is 17.7 Å². The highest BCUT2D eigenvalue weighted by Gasteiger charge is 2.48. The Morgan fingerprint density at radius 2 is 1.72 bits per heavy atom. The molecule has 3 fully saturated rings. The Kier molecular flexibility index (Phi) is 9.35. The summed E-state index contributed by atoms with van der Waals surface area (Å²) >= 11 is 5.94. The fourth-order valence-electron chi connectivity index (χ4n) is 7.47. The number of likely N-dealkylation sites (tertiary alicyclic amines) is 1. The second kappa shape index (κ2) is 17.5. The van der Waals surface area contributed by atoms with E-state index < -0.39 is 108 Å². The van der Waals surface area contributed by atoms with E-state index in [1.165, 1.54) is 37.7 Å². The van der Waals surface area contributed by atoms with E-state index in [0.717, 1.165) is 0 Å². The largest absolute Gasteiger partial charge is 0.494 e. The lowest BCUT2D eigenvalue weighted by Crippen LogP contribution is -2.54. The van der Waals surface area contributed by atoms with Crippen LogP contribution < -0.4 is 25.6 Å². The van der Waals surface area contributed by atoms with E-state index in [1.54, 1.807) is 18.2 Å². The summed E-state index contributed by atoms with van der Waals surface area (Å²) in [4.78, 5) is 75.0. The summed E-state index contributed by atoms with van der Waals surface area (Å²) in [6.07, 6.45) is 4.17. The first-order valence-electron chi connectivity index (χ1n) is 23.0. The van der Waals surface area contributed by atoms with Gasteiger partial charge >= 0.3 is 0 Å². The van der Waals surface area contributed by atoms with Crippen molar-refractivity contribution in [1.82, 2.24) is 30.0 Å². The first-order valence-corrected chi connectivity index (χ1v) is 19.3. The minimum atomic E-state index is -3.67. The number of aromatic nitrogens is 2. The van der Waals surface area contributed by atoms with Gasteiger partial charge in [-0.05, 0) is 62.5 Å². The van der Waals surface area contributed by atoms with Crippen LogP contribution in [0.15, 0.2) is 54.9 Å². The van der Waals surface area contributed by atoms with Gasteiger partial charge in [-0.3, -0.25) is 44.0 Å². The molecular formula is C42H41ClF3N9O6. The Labute approximate surface area is 364 Å². The molecule has 1 atom stereocenters. The molecule has 4 aromatic rings. The lowest BCUT2D eigenvalue weighted by molar-refractivity contribution is -0.136. The third kappa shape index (κ3) is 8.60. The van der Waals surface area contributed by atoms with Crippen LogP contribution in [0.1, 0.15) is 57.4 Å². The predicted molar refractivity (Wildman–Crippen MR) is 219 cm³/mol. The zero-order chi connectivity index (χ0) is 50.1. The summed E-state index contributed by atoms with van der Waals surface area (Å²) < 4.78 is 123. The van der Waals surface area contributed by atoms with E-state index in [2.05, 4.69) is 20.6 Å². The van der Waals surface area contributed by atoms with Crippen LogP contribution in [0, 0.1) is 23.4 Å². The molecule has 0 spiro atoms. The van der Waals surface area contributed by atoms with Crippen LogP contribution >= 0.6 is 11.6 Å². The van der Waals surface area contributed by atoms with Crippen LogP contribution in [0.2, 0.25) is 5.02 Å². The Hall–Kier alpha value is -6.11. The molecule has 318 valence electrons. The van der Waals surface area contributed by atoms with E-state index in [9.17, 15) is 28.4 Å². The number of benzene rings is 3. The molecule has 0 bridgehead atoms. The molecule has 61 heavy (non-hydrogen) atoms. The number of amides is 5. The molecule has 0 saturated carbocycles. The summed E-state index contributed by atoms with van der Waals surface area (Å²) in [6, 6.07) is 5.81. The van der Waals surface area contributed by atoms with Gasteiger partial charge in [-0.1, -0.05) is 17.7 Å². The third-order valence-corrected chi connectivity index (χ3v) is 10.9. The van der Waals surface area contributed by atoms with E-state index in [1.807, 2.05) is 10.2 Å². The van der Waals surface area contributed by atoms with E-state index in [4.69, 9.17) is 27.3 Å². The van der Waals surface area contributed by atoms with Crippen molar-refractivity contribution in [2.45, 2.75) is 31.7 Å². The maximum atomic E-state index is 16.6. The molecule has 3 saturated heterocycles. The maximum absolute atomic E-state index is 16.6. The molecule has 5 heterocycles. The van der Waals surface area contributed by atoms with Gasteiger partial charge in [0.05, 0.1) is 45.6 Å². The first-order chi connectivity index (χ1) is 32.4. The van der Waals surface area contributed by atoms with Gasteiger partial charge in [0, 0.05) is 80.3 Å². The normalized spacial score (nSPS) is 24.4. The number of imide groups is 2. The minimum Gasteiger partial charge on any atom is -0.494 e. The standard InChI is InChI=1S/C42H41ClF3N9O6/c1-61-33-20-29-25(39(48-22-47-29)49-24-4-5-27(44)26(43)17-24)18-30(33)50-34(56)3-2-10-52-11-8-23(9-12-52)21-53-13-15-54(16-14-53)32-19-28(45)36-37(38(32)46)42(60)55(41(36)59)31-6-7-35(57)51-40(31)58/h2-5,17-20,22-23,31H,6-16,21H2,1H3,(H,50,56)(H,47,48,49)(H,51,57,58)/b3-2+/i13D2,14D2,15D2,16D2. The first kappa shape index (κ1) is 32.6. The number of nitrogens with one attached hydrogen (secondary N) is 3. The number of anilines is 4. The zero-order valence-electron chi connectivity index (χ0n) is 40.2. The number of carbonyl (C=O) groups excluding carboxylic acids is 5. The average Bonchev–Trinajstić information content (AvgIpc) is 3.54. The number of carbonyl (C=O) groups is 5. The van der Waals surface area contributed by atoms with Crippen LogP contribution in [0.25, 0.3) is 10.9 Å². The molecule has 1 unspecified atom stereocenters. The molecular weight excluding hydrogens is 819 g/mol. The van der Waals surface area contributed by atoms with E-state index in [-0.39, 0.29) is 40.3 Å². The molecule has 4 aliphatic heterocycles. The number of nitrogens with zero attached hydrogens (tertiary/aromatic N) is 6. The lowest BCUT2D eigenvalue weighted by Gasteiger charge is -2.39. The highest BCUT2D eigenvalue weighted by Crippen LogP contribution is 2.37. The average molecular weight is 868 g/mol. The van der Waals surface area contributed by atoms with Crippen LogP contribution in [0.5, 0.6) is 5.75 Å². The second-order valence-corrected chi connectivity index (χ2v) is 14.9. The Balaban J connectivity index is 0.928. The highest BCUT2D eigenvalue weighted by atomic mass is 35.5. The fraction of sp³-hybridized carbons (Fsp3) is 0.357. The van der Waals surface area contributed by atoms with Gasteiger partial charge in [-0.2, -0.15) is 0 Å². The summed E-state index contributed by atoms with van der Waals surface area (Å²) in [5.41, 5.74) is -2.62. The highest BCUT2D eigenvalue weighted by molar-refractivity contribution is 6.31. The van der Waals surface area contributed by atoms with Crippen molar-refractivity contribution in [2.75, 3.05) is 74.8 Å². The Bertz CT molecular complexity index is 2830. The number of piperazine rings is 1. The maximum Gasteiger partial charge on any atom is 0.265 e. The third-order valence-electron chi connectivity index (χ3n) is 10.6. The number of fused-ring (bicyclic) bond motifs is 2. The van der Waals surface area contributed by atoms with Crippen LogP contribution in [0.3, 0.4) is 0 Å². The van der Waals surface area contributed by atoms with Crippen molar-refractivity contribution in [3.63, 3.8) is 0 Å².